The third-order valence-corrected chi connectivity index (χ3v) is 5.54. The lowest BCUT2D eigenvalue weighted by molar-refractivity contribution is -0.119. The molecular weight excluding hydrogens is 336 g/mol. The van der Waals surface area contributed by atoms with E-state index in [2.05, 4.69) is 51.7 Å². The number of aromatic nitrogens is 1. The Morgan fingerprint density at radius 3 is 2.22 bits per heavy atom. The normalized spacial score (nSPS) is 16.2. The molecule has 0 N–H and O–H groups in total. The Hall–Kier alpha value is -2.36. The number of benzene rings is 1. The number of rotatable bonds is 5. The average molecular weight is 367 g/mol. The second-order valence-electron chi connectivity index (χ2n) is 7.73. The molecular formula is C23H30N2O2. The van der Waals surface area contributed by atoms with Crippen LogP contribution in [0.4, 0.5) is 5.69 Å². The Bertz CT molecular complexity index is 861. The highest BCUT2D eigenvalue weighted by molar-refractivity contribution is 6.06. The van der Waals surface area contributed by atoms with Crippen LogP contribution < -0.4 is 9.64 Å². The molecule has 3 rings (SSSR count). The van der Waals surface area contributed by atoms with E-state index in [1.165, 1.54) is 5.56 Å². The zero-order valence-corrected chi connectivity index (χ0v) is 17.5. The Labute approximate surface area is 162 Å². The summed E-state index contributed by atoms with van der Waals surface area (Å²) in [5, 5.41) is 0. The molecule has 0 saturated heterocycles. The third-order valence-electron chi connectivity index (χ3n) is 5.54. The number of pyridine rings is 1. The molecule has 0 saturated carbocycles. The van der Waals surface area contributed by atoms with Crippen LogP contribution in [-0.4, -0.2) is 16.9 Å². The quantitative estimate of drug-likeness (QED) is 0.677. The number of amides is 1. The maximum atomic E-state index is 13.1. The van der Waals surface area contributed by atoms with Crippen molar-refractivity contribution in [3.63, 3.8) is 0 Å². The molecule has 0 aliphatic carbocycles. The summed E-state index contributed by atoms with van der Waals surface area (Å²) in [4.78, 5) is 19.7. The first-order valence-corrected chi connectivity index (χ1v) is 9.88. The minimum Gasteiger partial charge on any atom is -0.438 e. The summed E-state index contributed by atoms with van der Waals surface area (Å²) in [5.41, 5.74) is 6.12. The number of hydrogen-bond acceptors (Lipinski definition) is 3. The van der Waals surface area contributed by atoms with Gasteiger partial charge >= 0.3 is 0 Å². The van der Waals surface area contributed by atoms with Gasteiger partial charge < -0.3 is 9.64 Å². The molecule has 1 amide bonds. The summed E-state index contributed by atoms with van der Waals surface area (Å²) in [6, 6.07) is 6.46. The summed E-state index contributed by atoms with van der Waals surface area (Å²) >= 11 is 0. The lowest BCUT2D eigenvalue weighted by Crippen LogP contribution is -2.37. The Kier molecular flexibility index (Phi) is 5.27. The maximum Gasteiger partial charge on any atom is 0.234 e. The van der Waals surface area contributed by atoms with Crippen LogP contribution in [0.25, 0.3) is 0 Å². The molecule has 1 unspecified atom stereocenters. The van der Waals surface area contributed by atoms with E-state index in [9.17, 15) is 4.79 Å². The van der Waals surface area contributed by atoms with Gasteiger partial charge in [0.25, 0.3) is 0 Å². The summed E-state index contributed by atoms with van der Waals surface area (Å²) < 4.78 is 6.34. The smallest absolute Gasteiger partial charge is 0.234 e. The predicted molar refractivity (Wildman–Crippen MR) is 110 cm³/mol. The summed E-state index contributed by atoms with van der Waals surface area (Å²) in [6.45, 7) is 14.4. The molecule has 2 aromatic rings. The summed E-state index contributed by atoms with van der Waals surface area (Å²) in [5.74, 6) is 1.30. The number of hydrogen-bond donors (Lipinski definition) is 0. The summed E-state index contributed by atoms with van der Waals surface area (Å²) in [6.07, 6.45) is 1.87. The van der Waals surface area contributed by atoms with Crippen LogP contribution in [0.1, 0.15) is 67.5 Å². The van der Waals surface area contributed by atoms with Gasteiger partial charge in [0.15, 0.2) is 0 Å². The Balaban J connectivity index is 2.13. The first-order chi connectivity index (χ1) is 12.8. The number of anilines is 1. The maximum absolute atomic E-state index is 13.1. The van der Waals surface area contributed by atoms with Gasteiger partial charge in [-0.3, -0.25) is 4.79 Å². The molecule has 4 nitrogen and oxygen atoms in total. The molecule has 0 radical (unpaired) electrons. The highest BCUT2D eigenvalue weighted by Gasteiger charge is 2.40. The SMILES string of the molecule is CCC(CC)N1C(=O)C(C)c2c1cc(C)nc2Oc1c(C)cc(C)cc1C. The van der Waals surface area contributed by atoms with Gasteiger partial charge in [-0.15, -0.1) is 0 Å². The molecule has 0 spiro atoms. The van der Waals surface area contributed by atoms with E-state index in [4.69, 9.17) is 4.74 Å². The second-order valence-corrected chi connectivity index (χ2v) is 7.73. The predicted octanol–water partition coefficient (Wildman–Crippen LogP) is 5.75. The van der Waals surface area contributed by atoms with Crippen molar-refractivity contribution in [3.05, 3.63) is 46.1 Å². The van der Waals surface area contributed by atoms with E-state index in [1.54, 1.807) is 0 Å². The van der Waals surface area contributed by atoms with Crippen molar-refractivity contribution in [1.82, 2.24) is 4.98 Å². The van der Waals surface area contributed by atoms with Crippen molar-refractivity contribution >= 4 is 11.6 Å². The van der Waals surface area contributed by atoms with Crippen molar-refractivity contribution in [2.24, 2.45) is 0 Å². The highest BCUT2D eigenvalue weighted by Crippen LogP contribution is 2.45. The van der Waals surface area contributed by atoms with Gasteiger partial charge in [-0.05, 0) is 64.7 Å². The van der Waals surface area contributed by atoms with Crippen molar-refractivity contribution in [3.8, 4) is 11.6 Å². The first-order valence-electron chi connectivity index (χ1n) is 9.88. The molecule has 2 heterocycles. The molecule has 0 fully saturated rings. The van der Waals surface area contributed by atoms with Gasteiger partial charge in [-0.1, -0.05) is 31.5 Å². The number of carbonyl (C=O) groups is 1. The van der Waals surface area contributed by atoms with E-state index in [-0.39, 0.29) is 17.9 Å². The van der Waals surface area contributed by atoms with Gasteiger partial charge in [0.05, 0.1) is 17.2 Å². The average Bonchev–Trinajstić information content (AvgIpc) is 2.84. The van der Waals surface area contributed by atoms with E-state index in [0.29, 0.717) is 5.88 Å². The summed E-state index contributed by atoms with van der Waals surface area (Å²) in [7, 11) is 0. The van der Waals surface area contributed by atoms with Gasteiger partial charge in [0, 0.05) is 11.7 Å². The second kappa shape index (κ2) is 7.34. The highest BCUT2D eigenvalue weighted by atomic mass is 16.5. The molecule has 1 aliphatic heterocycles. The van der Waals surface area contributed by atoms with E-state index < -0.39 is 0 Å². The van der Waals surface area contributed by atoms with Crippen LogP contribution in [0.15, 0.2) is 18.2 Å². The number of aryl methyl sites for hydroxylation is 4. The molecule has 1 atom stereocenters. The van der Waals surface area contributed by atoms with Gasteiger partial charge in [0.1, 0.15) is 5.75 Å². The molecule has 4 heteroatoms. The Morgan fingerprint density at radius 2 is 1.67 bits per heavy atom. The van der Waals surface area contributed by atoms with Crippen LogP contribution in [0.5, 0.6) is 11.6 Å². The van der Waals surface area contributed by atoms with E-state index in [1.807, 2.05) is 24.8 Å². The van der Waals surface area contributed by atoms with E-state index >= 15 is 0 Å². The van der Waals surface area contributed by atoms with Crippen molar-refractivity contribution in [1.29, 1.82) is 0 Å². The van der Waals surface area contributed by atoms with Gasteiger partial charge in [-0.2, -0.15) is 0 Å². The largest absolute Gasteiger partial charge is 0.438 e. The number of carbonyl (C=O) groups excluding carboxylic acids is 1. The fraction of sp³-hybridized carbons (Fsp3) is 0.478. The lowest BCUT2D eigenvalue weighted by atomic mass is 10.0. The first kappa shape index (κ1) is 19.4. The van der Waals surface area contributed by atoms with Crippen LogP contribution in [0.2, 0.25) is 0 Å². The van der Waals surface area contributed by atoms with Gasteiger partial charge in [0.2, 0.25) is 11.8 Å². The molecule has 1 aromatic heterocycles. The van der Waals surface area contributed by atoms with Crippen LogP contribution in [0, 0.1) is 27.7 Å². The molecule has 0 bridgehead atoms. The lowest BCUT2D eigenvalue weighted by Gasteiger charge is -2.27. The molecule has 1 aromatic carbocycles. The Morgan fingerprint density at radius 1 is 1.07 bits per heavy atom. The third kappa shape index (κ3) is 3.33. The zero-order chi connectivity index (χ0) is 19.9. The van der Waals surface area contributed by atoms with Crippen LogP contribution >= 0.6 is 0 Å². The number of nitrogens with zero attached hydrogens (tertiary/aromatic N) is 2. The van der Waals surface area contributed by atoms with Crippen LogP contribution in [0.3, 0.4) is 0 Å². The monoisotopic (exact) mass is 366 g/mol. The fourth-order valence-electron chi connectivity index (χ4n) is 4.23. The van der Waals surface area contributed by atoms with Crippen molar-refractivity contribution in [2.45, 2.75) is 73.3 Å². The minimum atomic E-state index is -0.241. The van der Waals surface area contributed by atoms with Crippen molar-refractivity contribution < 1.29 is 9.53 Å². The van der Waals surface area contributed by atoms with Gasteiger partial charge in [-0.25, -0.2) is 4.98 Å². The van der Waals surface area contributed by atoms with E-state index in [0.717, 1.165) is 46.7 Å². The zero-order valence-electron chi connectivity index (χ0n) is 17.5. The number of fused-ring (bicyclic) bond motifs is 1. The van der Waals surface area contributed by atoms with Crippen LogP contribution in [-0.2, 0) is 4.79 Å². The fourth-order valence-corrected chi connectivity index (χ4v) is 4.23. The molecule has 27 heavy (non-hydrogen) atoms. The molecule has 144 valence electrons. The minimum absolute atomic E-state index is 0.147. The molecule has 1 aliphatic rings. The topological polar surface area (TPSA) is 42.4 Å². The van der Waals surface area contributed by atoms with Crippen molar-refractivity contribution in [2.75, 3.05) is 4.90 Å². The number of ether oxygens (including phenoxy) is 1. The standard InChI is InChI=1S/C23H30N2O2/c1-8-18(9-2)25-19-12-16(6)24-22(20(19)17(7)23(25)26)27-21-14(4)10-13(3)11-15(21)5/h10-12,17-18H,8-9H2,1-7H3.